The summed E-state index contributed by atoms with van der Waals surface area (Å²) in [5, 5.41) is 31.7. The minimum absolute atomic E-state index is 0.0478. The number of nitrogens with two attached hydrogens (primary N) is 3. The molecule has 0 rings (SSSR count). The minimum atomic E-state index is -1.74. The molecule has 0 saturated carbocycles. The van der Waals surface area contributed by atoms with Gasteiger partial charge < -0.3 is 59.3 Å². The zero-order chi connectivity index (χ0) is 35.4. The molecule has 0 aliphatic rings. The molecular formula is C25H43N9O11S. The molecule has 0 aromatic carbocycles. The molecule has 0 aromatic heterocycles. The second-order valence-corrected chi connectivity index (χ2v) is 10.3. The number of primary amides is 1. The van der Waals surface area contributed by atoms with Crippen molar-refractivity contribution in [2.45, 2.75) is 75.7 Å². The Balaban J connectivity index is 5.23. The fraction of sp³-hybridized carbons (Fsp3) is 0.640. The lowest BCUT2D eigenvalue weighted by Crippen LogP contribution is -2.56. The molecule has 5 atom stereocenters. The lowest BCUT2D eigenvalue weighted by atomic mass is 10.1. The first-order chi connectivity index (χ1) is 21.5. The third-order valence-corrected chi connectivity index (χ3v) is 6.44. The van der Waals surface area contributed by atoms with E-state index in [1.807, 2.05) is 5.32 Å². The van der Waals surface area contributed by atoms with Crippen LogP contribution in [0.4, 0.5) is 0 Å². The maximum absolute atomic E-state index is 12.7. The molecule has 260 valence electrons. The van der Waals surface area contributed by atoms with Crippen LogP contribution in [0.5, 0.6) is 0 Å². The summed E-state index contributed by atoms with van der Waals surface area (Å²) >= 11 is 3.89. The Hall–Kier alpha value is -4.50. The molecule has 0 fully saturated rings. The highest BCUT2D eigenvalue weighted by molar-refractivity contribution is 7.80. The zero-order valence-corrected chi connectivity index (χ0v) is 26.1. The Labute approximate surface area is 269 Å². The monoisotopic (exact) mass is 677 g/mol. The highest BCUT2D eigenvalue weighted by atomic mass is 32.1. The number of rotatable bonds is 23. The first kappa shape index (κ1) is 41.5. The Kier molecular flexibility index (Phi) is 19.9. The summed E-state index contributed by atoms with van der Waals surface area (Å²) in [5.74, 6) is -8.90. The van der Waals surface area contributed by atoms with Gasteiger partial charge in [0.05, 0.1) is 25.6 Å². The predicted octanol–water partition coefficient (Wildman–Crippen LogP) is -5.61. The molecule has 21 heteroatoms. The molecule has 0 aliphatic carbocycles. The van der Waals surface area contributed by atoms with Crippen LogP contribution in [0.3, 0.4) is 0 Å². The van der Waals surface area contributed by atoms with Gasteiger partial charge in [-0.25, -0.2) is 4.79 Å². The fourth-order valence-corrected chi connectivity index (χ4v) is 3.71. The van der Waals surface area contributed by atoms with E-state index < -0.39 is 116 Å². The van der Waals surface area contributed by atoms with Gasteiger partial charge in [-0.15, -0.1) is 0 Å². The molecule has 0 unspecified atom stereocenters. The molecule has 0 aromatic rings. The molecule has 7 amide bonds. The van der Waals surface area contributed by atoms with Crippen molar-refractivity contribution in [3.63, 3.8) is 0 Å². The van der Waals surface area contributed by atoms with Gasteiger partial charge in [0.1, 0.15) is 24.2 Å². The van der Waals surface area contributed by atoms with Crippen LogP contribution in [0.15, 0.2) is 0 Å². The van der Waals surface area contributed by atoms with Crippen LogP contribution in [0.2, 0.25) is 0 Å². The van der Waals surface area contributed by atoms with Gasteiger partial charge in [-0.1, -0.05) is 0 Å². The van der Waals surface area contributed by atoms with Gasteiger partial charge in [0.15, 0.2) is 0 Å². The van der Waals surface area contributed by atoms with Crippen molar-refractivity contribution in [3.8, 4) is 0 Å². The van der Waals surface area contributed by atoms with Gasteiger partial charge in [-0.2, -0.15) is 12.6 Å². The van der Waals surface area contributed by atoms with Gasteiger partial charge in [-0.3, -0.25) is 38.4 Å². The van der Waals surface area contributed by atoms with E-state index in [0.29, 0.717) is 19.4 Å². The average molecular weight is 678 g/mol. The maximum Gasteiger partial charge on any atom is 0.326 e. The van der Waals surface area contributed by atoms with Crippen molar-refractivity contribution in [2.75, 3.05) is 25.4 Å². The molecule has 0 saturated heterocycles. The quantitative estimate of drug-likeness (QED) is 0.0355. The van der Waals surface area contributed by atoms with Crippen LogP contribution in [-0.4, -0.2) is 119 Å². The van der Waals surface area contributed by atoms with Gasteiger partial charge >= 0.3 is 11.9 Å². The lowest BCUT2D eigenvalue weighted by molar-refractivity contribution is -0.144. The minimum Gasteiger partial charge on any atom is -0.481 e. The summed E-state index contributed by atoms with van der Waals surface area (Å²) in [7, 11) is 0. The van der Waals surface area contributed by atoms with E-state index >= 15 is 0 Å². The third kappa shape index (κ3) is 17.7. The molecule has 0 spiro atoms. The van der Waals surface area contributed by atoms with Gasteiger partial charge in [0.2, 0.25) is 41.4 Å². The number of carbonyl (C=O) groups excluding carboxylic acids is 7. The number of hydrogen-bond donors (Lipinski definition) is 12. The van der Waals surface area contributed by atoms with Gasteiger partial charge in [0.25, 0.3) is 0 Å². The summed E-state index contributed by atoms with van der Waals surface area (Å²) in [6, 6.07) is -6.66. The highest BCUT2D eigenvalue weighted by Crippen LogP contribution is 2.03. The summed E-state index contributed by atoms with van der Waals surface area (Å²) < 4.78 is 0. The SMILES string of the molecule is C[C@H](NC(=O)CNC(=O)[C@H](CCCCN)NC(=O)CNC(=O)[C@@H](N)CS)C(=O)N[C@@H](CCC(=O)O)C(=O)N[C@@H](CC(N)=O)C(=O)O. The van der Waals surface area contributed by atoms with Crippen molar-refractivity contribution in [3.05, 3.63) is 0 Å². The Morgan fingerprint density at radius 3 is 1.78 bits per heavy atom. The largest absolute Gasteiger partial charge is 0.481 e. The topological polar surface area (TPSA) is 344 Å². The third-order valence-electron chi connectivity index (χ3n) is 6.05. The molecule has 46 heavy (non-hydrogen) atoms. The molecule has 14 N–H and O–H groups in total. The Morgan fingerprint density at radius 2 is 1.26 bits per heavy atom. The fourth-order valence-electron chi connectivity index (χ4n) is 3.54. The summed E-state index contributed by atoms with van der Waals surface area (Å²) in [4.78, 5) is 108. The van der Waals surface area contributed by atoms with E-state index in [1.54, 1.807) is 0 Å². The van der Waals surface area contributed by atoms with Crippen molar-refractivity contribution in [1.29, 1.82) is 0 Å². The van der Waals surface area contributed by atoms with E-state index in [1.165, 1.54) is 6.92 Å². The zero-order valence-electron chi connectivity index (χ0n) is 25.2. The van der Waals surface area contributed by atoms with Crippen LogP contribution < -0.4 is 49.1 Å². The lowest BCUT2D eigenvalue weighted by Gasteiger charge is -2.23. The standard InChI is InChI=1S/C25H43N9O11S/c1-12(21(40)33-15(5-6-20(38)39)24(43)34-16(25(44)45)8-17(28)35)31-18(36)9-30-23(42)14(4-2-3-7-26)32-19(37)10-29-22(41)13(27)11-46/h12-16,46H,2-11,26-27H2,1H3,(H2,28,35)(H,29,41)(H,30,42)(H,31,36)(H,32,37)(H,33,40)(H,34,43)(H,38,39)(H,44,45)/t12-,13-,14-,15-,16-/m0/s1. The van der Waals surface area contributed by atoms with Crippen LogP contribution in [0.1, 0.15) is 45.4 Å². The van der Waals surface area contributed by atoms with Crippen molar-refractivity contribution in [1.82, 2.24) is 31.9 Å². The van der Waals surface area contributed by atoms with E-state index in [9.17, 15) is 48.3 Å². The van der Waals surface area contributed by atoms with Crippen molar-refractivity contribution in [2.24, 2.45) is 17.2 Å². The molecule has 0 aliphatic heterocycles. The number of carbonyl (C=O) groups is 9. The predicted molar refractivity (Wildman–Crippen MR) is 162 cm³/mol. The van der Waals surface area contributed by atoms with E-state index in [2.05, 4.69) is 39.2 Å². The number of aliphatic carboxylic acids is 2. The summed E-state index contributed by atoms with van der Waals surface area (Å²) in [6.45, 7) is 0.443. The molecule has 0 heterocycles. The molecule has 0 bridgehead atoms. The van der Waals surface area contributed by atoms with Crippen LogP contribution in [0.25, 0.3) is 0 Å². The normalized spacial score (nSPS) is 13.8. The highest BCUT2D eigenvalue weighted by Gasteiger charge is 2.30. The number of thiol groups is 1. The number of amides is 7. The van der Waals surface area contributed by atoms with Gasteiger partial charge in [-0.05, 0) is 39.2 Å². The Morgan fingerprint density at radius 1 is 0.717 bits per heavy atom. The molecule has 20 nitrogen and oxygen atoms in total. The van der Waals surface area contributed by atoms with Crippen LogP contribution in [-0.2, 0) is 43.2 Å². The molecular weight excluding hydrogens is 634 g/mol. The maximum atomic E-state index is 12.7. The summed E-state index contributed by atoms with van der Waals surface area (Å²) in [5.41, 5.74) is 16.0. The molecule has 0 radical (unpaired) electrons. The average Bonchev–Trinajstić information content (AvgIpc) is 2.98. The van der Waals surface area contributed by atoms with Crippen LogP contribution >= 0.6 is 12.6 Å². The van der Waals surface area contributed by atoms with Gasteiger partial charge in [0, 0.05) is 12.2 Å². The second kappa shape index (κ2) is 22.1. The smallest absolute Gasteiger partial charge is 0.326 e. The van der Waals surface area contributed by atoms with E-state index in [-0.39, 0.29) is 12.2 Å². The van der Waals surface area contributed by atoms with E-state index in [0.717, 1.165) is 0 Å². The first-order valence-electron chi connectivity index (χ1n) is 14.1. The number of nitrogens with one attached hydrogen (secondary N) is 6. The second-order valence-electron chi connectivity index (χ2n) is 9.98. The first-order valence-corrected chi connectivity index (χ1v) is 14.7. The number of hydrogen-bond acceptors (Lipinski definition) is 12. The number of carboxylic acids is 2. The Bertz CT molecular complexity index is 1130. The van der Waals surface area contributed by atoms with Crippen molar-refractivity contribution >= 4 is 65.9 Å². The van der Waals surface area contributed by atoms with Crippen molar-refractivity contribution < 1.29 is 53.4 Å². The number of carboxylic acid groups (broad SMARTS) is 2. The van der Waals surface area contributed by atoms with Crippen LogP contribution in [0, 0.1) is 0 Å². The summed E-state index contributed by atoms with van der Waals surface area (Å²) in [6.07, 6.45) is -0.693. The van der Waals surface area contributed by atoms with E-state index in [4.69, 9.17) is 22.3 Å². The number of unbranched alkanes of at least 4 members (excludes halogenated alkanes) is 1.